The SMILES string of the molecule is CCOC(=O)C(C)c1nc2cccc(C)c2n1C. The number of aromatic nitrogens is 2. The molecule has 96 valence electrons. The highest BCUT2D eigenvalue weighted by atomic mass is 16.5. The Balaban J connectivity index is 2.49. The minimum Gasteiger partial charge on any atom is -0.465 e. The van der Waals surface area contributed by atoms with Gasteiger partial charge in [-0.3, -0.25) is 4.79 Å². The summed E-state index contributed by atoms with van der Waals surface area (Å²) >= 11 is 0. The summed E-state index contributed by atoms with van der Waals surface area (Å²) in [5.74, 6) is 0.174. The molecule has 0 aliphatic rings. The van der Waals surface area contributed by atoms with Gasteiger partial charge < -0.3 is 9.30 Å². The van der Waals surface area contributed by atoms with E-state index in [4.69, 9.17) is 4.74 Å². The summed E-state index contributed by atoms with van der Waals surface area (Å²) in [5.41, 5.74) is 3.15. The predicted molar refractivity (Wildman–Crippen MR) is 70.5 cm³/mol. The predicted octanol–water partition coefficient (Wildman–Crippen LogP) is 2.55. The van der Waals surface area contributed by atoms with Gasteiger partial charge in [-0.15, -0.1) is 0 Å². The lowest BCUT2D eigenvalue weighted by molar-refractivity contribution is -0.144. The number of aryl methyl sites for hydroxylation is 2. The quantitative estimate of drug-likeness (QED) is 0.782. The Morgan fingerprint density at radius 3 is 2.83 bits per heavy atom. The third kappa shape index (κ3) is 1.98. The zero-order chi connectivity index (χ0) is 13.3. The van der Waals surface area contributed by atoms with E-state index in [1.807, 2.05) is 50.6 Å². The zero-order valence-electron chi connectivity index (χ0n) is 11.2. The van der Waals surface area contributed by atoms with Gasteiger partial charge in [0.25, 0.3) is 0 Å². The van der Waals surface area contributed by atoms with Crippen LogP contribution in [0.3, 0.4) is 0 Å². The molecule has 18 heavy (non-hydrogen) atoms. The molecule has 4 heteroatoms. The summed E-state index contributed by atoms with van der Waals surface area (Å²) in [4.78, 5) is 16.3. The van der Waals surface area contributed by atoms with Crippen LogP contribution in [-0.4, -0.2) is 22.1 Å². The van der Waals surface area contributed by atoms with Crippen molar-refractivity contribution in [2.75, 3.05) is 6.61 Å². The van der Waals surface area contributed by atoms with Gasteiger partial charge >= 0.3 is 5.97 Å². The van der Waals surface area contributed by atoms with Crippen LogP contribution >= 0.6 is 0 Å². The summed E-state index contributed by atoms with van der Waals surface area (Å²) in [6.45, 7) is 6.08. The van der Waals surface area contributed by atoms with Crippen molar-refractivity contribution in [2.24, 2.45) is 7.05 Å². The number of hydrogen-bond acceptors (Lipinski definition) is 3. The number of para-hydroxylation sites is 1. The van der Waals surface area contributed by atoms with Gasteiger partial charge in [0, 0.05) is 7.05 Å². The van der Waals surface area contributed by atoms with E-state index in [1.165, 1.54) is 0 Å². The molecule has 1 heterocycles. The molecular formula is C14H18N2O2. The second-order valence-electron chi connectivity index (χ2n) is 4.45. The first-order valence-corrected chi connectivity index (χ1v) is 6.14. The molecule has 0 fully saturated rings. The number of esters is 1. The normalized spacial score (nSPS) is 12.7. The molecule has 0 saturated heterocycles. The van der Waals surface area contributed by atoms with Gasteiger partial charge in [0.05, 0.1) is 17.6 Å². The van der Waals surface area contributed by atoms with E-state index in [9.17, 15) is 4.79 Å². The van der Waals surface area contributed by atoms with E-state index in [0.717, 1.165) is 22.4 Å². The molecule has 1 atom stereocenters. The molecule has 4 nitrogen and oxygen atoms in total. The summed E-state index contributed by atoms with van der Waals surface area (Å²) in [5, 5.41) is 0. The highest BCUT2D eigenvalue weighted by Gasteiger charge is 2.22. The number of ether oxygens (including phenoxy) is 1. The second-order valence-corrected chi connectivity index (χ2v) is 4.45. The van der Waals surface area contributed by atoms with Crippen LogP contribution in [0.15, 0.2) is 18.2 Å². The van der Waals surface area contributed by atoms with Crippen LogP contribution in [0.1, 0.15) is 31.2 Å². The molecule has 0 aliphatic carbocycles. The summed E-state index contributed by atoms with van der Waals surface area (Å²) < 4.78 is 7.03. The zero-order valence-corrected chi connectivity index (χ0v) is 11.2. The maximum absolute atomic E-state index is 11.8. The third-order valence-electron chi connectivity index (χ3n) is 3.16. The number of imidazole rings is 1. The molecule has 2 rings (SSSR count). The maximum Gasteiger partial charge on any atom is 0.316 e. The monoisotopic (exact) mass is 246 g/mol. The second kappa shape index (κ2) is 4.80. The fourth-order valence-corrected chi connectivity index (χ4v) is 2.24. The van der Waals surface area contributed by atoms with Gasteiger partial charge in [0.2, 0.25) is 0 Å². The lowest BCUT2D eigenvalue weighted by Gasteiger charge is -2.10. The molecule has 0 radical (unpaired) electrons. The van der Waals surface area contributed by atoms with E-state index in [2.05, 4.69) is 4.98 Å². The van der Waals surface area contributed by atoms with Crippen LogP contribution in [0.2, 0.25) is 0 Å². The molecular weight excluding hydrogens is 228 g/mol. The number of benzene rings is 1. The highest BCUT2D eigenvalue weighted by molar-refractivity contribution is 5.82. The number of carbonyl (C=O) groups is 1. The van der Waals surface area contributed by atoms with E-state index in [-0.39, 0.29) is 11.9 Å². The smallest absolute Gasteiger partial charge is 0.316 e. The van der Waals surface area contributed by atoms with Crippen molar-refractivity contribution >= 4 is 17.0 Å². The Hall–Kier alpha value is -1.84. The number of carbonyl (C=O) groups excluding carboxylic acids is 1. The Bertz CT molecular complexity index is 587. The van der Waals surface area contributed by atoms with Crippen molar-refractivity contribution in [2.45, 2.75) is 26.7 Å². The van der Waals surface area contributed by atoms with E-state index < -0.39 is 0 Å². The van der Waals surface area contributed by atoms with E-state index >= 15 is 0 Å². The van der Waals surface area contributed by atoms with Crippen LogP contribution < -0.4 is 0 Å². The lowest BCUT2D eigenvalue weighted by Crippen LogP contribution is -2.16. The van der Waals surface area contributed by atoms with Crippen LogP contribution in [0.25, 0.3) is 11.0 Å². The molecule has 0 N–H and O–H groups in total. The van der Waals surface area contributed by atoms with Gasteiger partial charge in [0.15, 0.2) is 0 Å². The maximum atomic E-state index is 11.8. The number of hydrogen-bond donors (Lipinski definition) is 0. The van der Waals surface area contributed by atoms with Gasteiger partial charge in [-0.1, -0.05) is 12.1 Å². The van der Waals surface area contributed by atoms with Gasteiger partial charge in [-0.05, 0) is 32.4 Å². The first-order valence-electron chi connectivity index (χ1n) is 6.14. The van der Waals surface area contributed by atoms with Crippen molar-refractivity contribution in [1.82, 2.24) is 9.55 Å². The summed E-state index contributed by atoms with van der Waals surface area (Å²) in [6.07, 6.45) is 0. The lowest BCUT2D eigenvalue weighted by atomic mass is 10.1. The van der Waals surface area contributed by atoms with Gasteiger partial charge in [-0.2, -0.15) is 0 Å². The van der Waals surface area contributed by atoms with Crippen molar-refractivity contribution in [3.8, 4) is 0 Å². The number of rotatable bonds is 3. The molecule has 0 aliphatic heterocycles. The summed E-state index contributed by atoms with van der Waals surface area (Å²) in [7, 11) is 1.94. The Kier molecular flexibility index (Phi) is 3.36. The molecule has 0 saturated carbocycles. The molecule has 1 aromatic heterocycles. The topological polar surface area (TPSA) is 44.1 Å². The highest BCUT2D eigenvalue weighted by Crippen LogP contribution is 2.24. The molecule has 0 amide bonds. The standard InChI is InChI=1S/C14H18N2O2/c1-5-18-14(17)10(3)13-15-11-8-6-7-9(2)12(11)16(13)4/h6-8,10H,5H2,1-4H3. The molecule has 2 aromatic rings. The van der Waals surface area contributed by atoms with Gasteiger partial charge in [0.1, 0.15) is 11.7 Å². The largest absolute Gasteiger partial charge is 0.465 e. The van der Waals surface area contributed by atoms with Crippen LogP contribution in [0, 0.1) is 6.92 Å². The molecule has 0 bridgehead atoms. The fraction of sp³-hybridized carbons (Fsp3) is 0.429. The minimum absolute atomic E-state index is 0.228. The summed E-state index contributed by atoms with van der Waals surface area (Å²) in [6, 6.07) is 5.98. The molecule has 1 unspecified atom stereocenters. The third-order valence-corrected chi connectivity index (χ3v) is 3.16. The average molecular weight is 246 g/mol. The van der Waals surface area contributed by atoms with Crippen LogP contribution in [-0.2, 0) is 16.6 Å². The van der Waals surface area contributed by atoms with Gasteiger partial charge in [-0.25, -0.2) is 4.98 Å². The molecule has 1 aromatic carbocycles. The first kappa shape index (κ1) is 12.6. The first-order chi connectivity index (χ1) is 8.56. The van der Waals surface area contributed by atoms with Crippen molar-refractivity contribution in [1.29, 1.82) is 0 Å². The van der Waals surface area contributed by atoms with Crippen molar-refractivity contribution < 1.29 is 9.53 Å². The Morgan fingerprint density at radius 1 is 1.50 bits per heavy atom. The Labute approximate surface area is 107 Å². The molecule has 0 spiro atoms. The number of nitrogens with zero attached hydrogens (tertiary/aromatic N) is 2. The van der Waals surface area contributed by atoms with E-state index in [1.54, 1.807) is 0 Å². The van der Waals surface area contributed by atoms with Crippen molar-refractivity contribution in [3.63, 3.8) is 0 Å². The fourth-order valence-electron chi connectivity index (χ4n) is 2.24. The average Bonchev–Trinajstić information content (AvgIpc) is 2.67. The Morgan fingerprint density at radius 2 is 2.22 bits per heavy atom. The van der Waals surface area contributed by atoms with Crippen LogP contribution in [0.5, 0.6) is 0 Å². The minimum atomic E-state index is -0.346. The van der Waals surface area contributed by atoms with Crippen molar-refractivity contribution in [3.05, 3.63) is 29.6 Å². The van der Waals surface area contributed by atoms with E-state index in [0.29, 0.717) is 6.61 Å². The number of fused-ring (bicyclic) bond motifs is 1. The van der Waals surface area contributed by atoms with Crippen LogP contribution in [0.4, 0.5) is 0 Å².